The fraction of sp³-hybridized carbons (Fsp3) is 0.583. The van der Waals surface area contributed by atoms with Crippen LogP contribution in [0.4, 0.5) is 0 Å². The third-order valence-corrected chi connectivity index (χ3v) is 3.08. The van der Waals surface area contributed by atoms with Gasteiger partial charge in [0.05, 0.1) is 6.04 Å². The molecule has 0 aromatic rings. The summed E-state index contributed by atoms with van der Waals surface area (Å²) < 4.78 is 0. The van der Waals surface area contributed by atoms with Gasteiger partial charge in [-0.1, -0.05) is 24.3 Å². The zero-order valence-corrected chi connectivity index (χ0v) is 9.72. The Hall–Kier alpha value is -1.13. The molecule has 1 atom stereocenters. The lowest BCUT2D eigenvalue weighted by Gasteiger charge is -2.31. The average Bonchev–Trinajstić information content (AvgIpc) is 2.31. The summed E-state index contributed by atoms with van der Waals surface area (Å²) in [5.74, 6) is 0.113. The highest BCUT2D eigenvalue weighted by Crippen LogP contribution is 2.09. The van der Waals surface area contributed by atoms with Crippen molar-refractivity contribution < 1.29 is 4.79 Å². The highest BCUT2D eigenvalue weighted by molar-refractivity contribution is 5.81. The first-order valence-electron chi connectivity index (χ1n) is 5.83. The van der Waals surface area contributed by atoms with Crippen molar-refractivity contribution in [3.63, 3.8) is 0 Å². The summed E-state index contributed by atoms with van der Waals surface area (Å²) in [4.78, 5) is 14.1. The highest BCUT2D eigenvalue weighted by atomic mass is 16.2. The molecule has 2 aliphatic rings. The number of hydrazine groups is 1. The number of carbonyl (C=O) groups is 1. The molecule has 4 heteroatoms. The number of carbonyl (C=O) groups excluding carboxylic acids is 1. The van der Waals surface area contributed by atoms with Crippen LogP contribution in [0.25, 0.3) is 0 Å². The van der Waals surface area contributed by atoms with Crippen LogP contribution in [0.3, 0.4) is 0 Å². The summed E-state index contributed by atoms with van der Waals surface area (Å²) in [6.45, 7) is 2.59. The number of hydrogen-bond acceptors (Lipinski definition) is 3. The van der Waals surface area contributed by atoms with Crippen molar-refractivity contribution in [1.29, 1.82) is 0 Å². The van der Waals surface area contributed by atoms with Crippen LogP contribution in [0.15, 0.2) is 24.3 Å². The standard InChI is InChI=1S/C12H19N3O/c1-14-8-6-3-7-11(14)12(16)13-15-9-4-2-5-10-15/h2-4,6,11H,5,7-10H2,1H3,(H,13,16). The van der Waals surface area contributed by atoms with Gasteiger partial charge in [-0.15, -0.1) is 0 Å². The number of amides is 1. The number of hydrogen-bond donors (Lipinski definition) is 1. The van der Waals surface area contributed by atoms with Crippen molar-refractivity contribution >= 4 is 5.91 Å². The first kappa shape index (κ1) is 11.4. The Balaban J connectivity index is 1.87. The lowest BCUT2D eigenvalue weighted by atomic mass is 10.1. The molecule has 2 rings (SSSR count). The average molecular weight is 221 g/mol. The summed E-state index contributed by atoms with van der Waals surface area (Å²) in [5, 5.41) is 1.98. The lowest BCUT2D eigenvalue weighted by molar-refractivity contribution is -0.130. The summed E-state index contributed by atoms with van der Waals surface area (Å²) >= 11 is 0. The molecule has 0 aliphatic carbocycles. The molecule has 1 amide bonds. The quantitative estimate of drug-likeness (QED) is 0.691. The molecule has 0 bridgehead atoms. The predicted molar refractivity (Wildman–Crippen MR) is 63.6 cm³/mol. The Kier molecular flexibility index (Phi) is 3.74. The third-order valence-electron chi connectivity index (χ3n) is 3.08. The maximum absolute atomic E-state index is 12.0. The molecule has 0 fully saturated rings. The van der Waals surface area contributed by atoms with Crippen LogP contribution in [0.5, 0.6) is 0 Å². The van der Waals surface area contributed by atoms with Crippen molar-refractivity contribution in [3.8, 4) is 0 Å². The second-order valence-electron chi connectivity index (χ2n) is 4.34. The van der Waals surface area contributed by atoms with Crippen LogP contribution in [0.1, 0.15) is 12.8 Å². The van der Waals surface area contributed by atoms with Crippen molar-refractivity contribution in [2.75, 3.05) is 26.7 Å². The minimum atomic E-state index is -0.0177. The SMILES string of the molecule is CN1CC=CCC1C(=O)NN1CC=CCC1. The van der Waals surface area contributed by atoms with E-state index in [4.69, 9.17) is 0 Å². The summed E-state index contributed by atoms with van der Waals surface area (Å²) in [6, 6.07) is -0.0177. The molecule has 0 radical (unpaired) electrons. The van der Waals surface area contributed by atoms with E-state index < -0.39 is 0 Å². The van der Waals surface area contributed by atoms with Gasteiger partial charge in [-0.05, 0) is 19.9 Å². The first-order valence-corrected chi connectivity index (χ1v) is 5.83. The van der Waals surface area contributed by atoms with Gasteiger partial charge in [0.2, 0.25) is 0 Å². The van der Waals surface area contributed by atoms with Gasteiger partial charge >= 0.3 is 0 Å². The van der Waals surface area contributed by atoms with Crippen LogP contribution in [0.2, 0.25) is 0 Å². The minimum Gasteiger partial charge on any atom is -0.291 e. The predicted octanol–water partition coefficient (Wildman–Crippen LogP) is 0.540. The van der Waals surface area contributed by atoms with Gasteiger partial charge in [-0.3, -0.25) is 15.1 Å². The molecule has 16 heavy (non-hydrogen) atoms. The third kappa shape index (κ3) is 2.71. The van der Waals surface area contributed by atoms with Crippen LogP contribution in [0, 0.1) is 0 Å². The van der Waals surface area contributed by atoms with E-state index in [9.17, 15) is 4.79 Å². The molecule has 88 valence electrons. The Morgan fingerprint density at radius 1 is 1.25 bits per heavy atom. The number of nitrogens with one attached hydrogen (secondary N) is 1. The number of rotatable bonds is 2. The second-order valence-corrected chi connectivity index (χ2v) is 4.34. The van der Waals surface area contributed by atoms with E-state index in [0.717, 1.165) is 32.5 Å². The summed E-state index contributed by atoms with van der Waals surface area (Å²) in [5.41, 5.74) is 2.99. The van der Waals surface area contributed by atoms with E-state index in [0.29, 0.717) is 0 Å². The Morgan fingerprint density at radius 2 is 2.06 bits per heavy atom. The van der Waals surface area contributed by atoms with Crippen molar-refractivity contribution in [3.05, 3.63) is 24.3 Å². The van der Waals surface area contributed by atoms with Crippen LogP contribution < -0.4 is 5.43 Å². The molecule has 2 aliphatic heterocycles. The van der Waals surface area contributed by atoms with Crippen LogP contribution >= 0.6 is 0 Å². The topological polar surface area (TPSA) is 35.6 Å². The Morgan fingerprint density at radius 3 is 2.75 bits per heavy atom. The maximum atomic E-state index is 12.0. The molecule has 0 spiro atoms. The van der Waals surface area contributed by atoms with E-state index in [1.807, 2.05) is 12.1 Å². The van der Waals surface area contributed by atoms with Crippen LogP contribution in [-0.4, -0.2) is 48.5 Å². The largest absolute Gasteiger partial charge is 0.291 e. The van der Waals surface area contributed by atoms with Crippen molar-refractivity contribution in [2.45, 2.75) is 18.9 Å². The van der Waals surface area contributed by atoms with Gasteiger partial charge in [-0.2, -0.15) is 0 Å². The van der Waals surface area contributed by atoms with E-state index in [-0.39, 0.29) is 11.9 Å². The van der Waals surface area contributed by atoms with E-state index in [1.54, 1.807) is 0 Å². The molecule has 0 aromatic carbocycles. The minimum absolute atomic E-state index is 0.0177. The van der Waals surface area contributed by atoms with Gasteiger partial charge in [0.1, 0.15) is 0 Å². The lowest BCUT2D eigenvalue weighted by Crippen LogP contribution is -2.52. The van der Waals surface area contributed by atoms with E-state index in [1.165, 1.54) is 0 Å². The zero-order valence-electron chi connectivity index (χ0n) is 9.72. The van der Waals surface area contributed by atoms with E-state index in [2.05, 4.69) is 34.6 Å². The zero-order chi connectivity index (χ0) is 11.4. The fourth-order valence-electron chi connectivity index (χ4n) is 2.05. The molecule has 1 N–H and O–H groups in total. The van der Waals surface area contributed by atoms with Gasteiger partial charge in [-0.25, -0.2) is 5.01 Å². The monoisotopic (exact) mass is 221 g/mol. The number of nitrogens with zero attached hydrogens (tertiary/aromatic N) is 2. The Bertz CT molecular complexity index is 311. The number of likely N-dealkylation sites (N-methyl/N-ethyl adjacent to an activating group) is 1. The molecule has 0 saturated carbocycles. The normalized spacial score (nSPS) is 26.9. The summed E-state index contributed by atoms with van der Waals surface area (Å²) in [7, 11) is 1.99. The summed E-state index contributed by atoms with van der Waals surface area (Å²) in [6.07, 6.45) is 10.3. The maximum Gasteiger partial charge on any atom is 0.251 e. The van der Waals surface area contributed by atoms with E-state index >= 15 is 0 Å². The molecular formula is C12H19N3O. The van der Waals surface area contributed by atoms with Crippen molar-refractivity contribution in [2.24, 2.45) is 0 Å². The molecule has 0 aromatic heterocycles. The molecule has 2 heterocycles. The second kappa shape index (κ2) is 5.27. The molecule has 1 unspecified atom stereocenters. The van der Waals surface area contributed by atoms with Gasteiger partial charge in [0.25, 0.3) is 5.91 Å². The van der Waals surface area contributed by atoms with Gasteiger partial charge < -0.3 is 0 Å². The molecule has 4 nitrogen and oxygen atoms in total. The molecule has 0 saturated heterocycles. The fourth-order valence-corrected chi connectivity index (χ4v) is 2.05. The van der Waals surface area contributed by atoms with Gasteiger partial charge in [0.15, 0.2) is 0 Å². The molecular weight excluding hydrogens is 202 g/mol. The van der Waals surface area contributed by atoms with Crippen molar-refractivity contribution in [1.82, 2.24) is 15.3 Å². The smallest absolute Gasteiger partial charge is 0.251 e. The van der Waals surface area contributed by atoms with Crippen LogP contribution in [-0.2, 0) is 4.79 Å². The Labute approximate surface area is 96.6 Å². The first-order chi connectivity index (χ1) is 7.77. The van der Waals surface area contributed by atoms with Gasteiger partial charge in [0, 0.05) is 19.6 Å². The highest BCUT2D eigenvalue weighted by Gasteiger charge is 2.24.